The molecule has 1 heterocycles. The molecule has 1 aliphatic heterocycles. The van der Waals surface area contributed by atoms with Crippen LogP contribution in [0.4, 0.5) is 20.2 Å². The topological polar surface area (TPSA) is 69.7 Å². The molecule has 9 heteroatoms. The average molecular weight is 438 g/mol. The number of nitrogens with one attached hydrogen (secondary N) is 1. The molecule has 1 unspecified atom stereocenters. The van der Waals surface area contributed by atoms with E-state index in [1.807, 2.05) is 6.92 Å². The van der Waals surface area contributed by atoms with E-state index in [2.05, 4.69) is 5.32 Å². The maximum atomic E-state index is 14.2. The van der Waals surface area contributed by atoms with Crippen LogP contribution in [-0.4, -0.2) is 45.3 Å². The third-order valence-corrected chi connectivity index (χ3v) is 7.18. The van der Waals surface area contributed by atoms with Gasteiger partial charge in [0.1, 0.15) is 5.69 Å². The minimum absolute atomic E-state index is 0.0178. The molecular weight excluding hydrogens is 412 g/mol. The van der Waals surface area contributed by atoms with E-state index in [9.17, 15) is 22.0 Å². The number of carbonyl (C=O) groups is 1. The molecule has 0 aromatic heterocycles. The second-order valence-electron chi connectivity index (χ2n) is 7.63. The lowest BCUT2D eigenvalue weighted by Gasteiger charge is -2.32. The molecule has 0 spiro atoms. The van der Waals surface area contributed by atoms with Crippen LogP contribution in [-0.2, 0) is 10.0 Å². The third kappa shape index (κ3) is 4.46. The average Bonchev–Trinajstić information content (AvgIpc) is 2.67. The molecule has 3 rings (SSSR count). The van der Waals surface area contributed by atoms with E-state index in [-0.39, 0.29) is 27.9 Å². The van der Waals surface area contributed by atoms with Gasteiger partial charge in [0.2, 0.25) is 10.0 Å². The van der Waals surface area contributed by atoms with Crippen LogP contribution < -0.4 is 10.2 Å². The van der Waals surface area contributed by atoms with Crippen LogP contribution in [0.25, 0.3) is 0 Å². The van der Waals surface area contributed by atoms with E-state index in [4.69, 9.17) is 0 Å². The maximum absolute atomic E-state index is 14.2. The number of piperidine rings is 1. The lowest BCUT2D eigenvalue weighted by Crippen LogP contribution is -2.41. The quantitative estimate of drug-likeness (QED) is 0.772. The Kier molecular flexibility index (Phi) is 6.42. The van der Waals surface area contributed by atoms with Gasteiger partial charge >= 0.3 is 0 Å². The Balaban J connectivity index is 1.85. The number of amides is 1. The lowest BCUT2D eigenvalue weighted by atomic mass is 10.1. The van der Waals surface area contributed by atoms with Crippen molar-refractivity contribution in [1.82, 2.24) is 4.31 Å². The van der Waals surface area contributed by atoms with Gasteiger partial charge in [0, 0.05) is 37.9 Å². The Bertz CT molecular complexity index is 1030. The van der Waals surface area contributed by atoms with Crippen molar-refractivity contribution >= 4 is 27.3 Å². The Morgan fingerprint density at radius 2 is 1.80 bits per heavy atom. The number of hydrogen-bond acceptors (Lipinski definition) is 4. The predicted octanol–water partition coefficient (Wildman–Crippen LogP) is 3.85. The minimum Gasteiger partial charge on any atom is -0.373 e. The van der Waals surface area contributed by atoms with Gasteiger partial charge in [-0.15, -0.1) is 0 Å². The van der Waals surface area contributed by atoms with Gasteiger partial charge in [-0.1, -0.05) is 12.5 Å². The highest BCUT2D eigenvalue weighted by Crippen LogP contribution is 2.27. The lowest BCUT2D eigenvalue weighted by molar-refractivity contribution is 0.102. The zero-order chi connectivity index (χ0) is 22.1. The second-order valence-corrected chi connectivity index (χ2v) is 9.52. The van der Waals surface area contributed by atoms with Crippen LogP contribution in [0.3, 0.4) is 0 Å². The highest BCUT2D eigenvalue weighted by molar-refractivity contribution is 7.89. The van der Waals surface area contributed by atoms with Crippen molar-refractivity contribution in [3.8, 4) is 0 Å². The van der Waals surface area contributed by atoms with Crippen molar-refractivity contribution in [3.05, 3.63) is 53.6 Å². The zero-order valence-corrected chi connectivity index (χ0v) is 18.0. The van der Waals surface area contributed by atoms with Crippen LogP contribution in [0.2, 0.25) is 0 Å². The van der Waals surface area contributed by atoms with Gasteiger partial charge < -0.3 is 10.2 Å². The summed E-state index contributed by atoms with van der Waals surface area (Å²) in [6.45, 7) is 2.31. The molecule has 2 aromatic rings. The van der Waals surface area contributed by atoms with Crippen LogP contribution in [0, 0.1) is 11.6 Å². The number of carbonyl (C=O) groups excluding carboxylic acids is 1. The van der Waals surface area contributed by atoms with Crippen LogP contribution in [0.1, 0.15) is 36.5 Å². The Morgan fingerprint density at radius 3 is 2.40 bits per heavy atom. The molecule has 0 aliphatic carbocycles. The molecule has 1 atom stereocenters. The zero-order valence-electron chi connectivity index (χ0n) is 17.2. The number of halogens is 2. The van der Waals surface area contributed by atoms with Crippen LogP contribution in [0.15, 0.2) is 41.3 Å². The summed E-state index contributed by atoms with van der Waals surface area (Å²) >= 11 is 0. The fourth-order valence-corrected chi connectivity index (χ4v) is 5.38. The molecule has 162 valence electrons. The first-order valence-electron chi connectivity index (χ1n) is 9.71. The van der Waals surface area contributed by atoms with E-state index >= 15 is 0 Å². The predicted molar refractivity (Wildman–Crippen MR) is 112 cm³/mol. The molecule has 1 aliphatic rings. The van der Waals surface area contributed by atoms with E-state index in [1.54, 1.807) is 0 Å². The van der Waals surface area contributed by atoms with Gasteiger partial charge in [0.05, 0.1) is 4.90 Å². The van der Waals surface area contributed by atoms with Crippen molar-refractivity contribution in [2.75, 3.05) is 30.9 Å². The van der Waals surface area contributed by atoms with Crippen molar-refractivity contribution in [2.24, 2.45) is 0 Å². The summed E-state index contributed by atoms with van der Waals surface area (Å²) in [5, 5.41) is 2.43. The number of benzene rings is 2. The smallest absolute Gasteiger partial charge is 0.255 e. The van der Waals surface area contributed by atoms with Crippen LogP contribution in [0.5, 0.6) is 0 Å². The van der Waals surface area contributed by atoms with Crippen molar-refractivity contribution in [1.29, 1.82) is 0 Å². The summed E-state index contributed by atoms with van der Waals surface area (Å²) in [6.07, 6.45) is 2.57. The maximum Gasteiger partial charge on any atom is 0.255 e. The number of sulfonamides is 1. The summed E-state index contributed by atoms with van der Waals surface area (Å²) in [7, 11) is -0.723. The fraction of sp³-hybridized carbons (Fsp3) is 0.381. The Hall–Kier alpha value is -2.52. The second kappa shape index (κ2) is 8.69. The molecule has 2 aromatic carbocycles. The van der Waals surface area contributed by atoms with Crippen molar-refractivity contribution < 1.29 is 22.0 Å². The SMILES string of the molecule is CC1CCCCN1S(=O)(=O)c1cccc(C(=O)Nc2cc(F)c(N(C)C)c(F)c2)c1. The standard InChI is InChI=1S/C21H25F2N3O3S/c1-14-7-4-5-10-26(14)30(28,29)17-9-6-8-15(11-17)21(27)24-16-12-18(22)20(25(2)3)19(23)13-16/h6,8-9,11-14H,4-5,7,10H2,1-3H3,(H,24,27). The summed E-state index contributed by atoms with van der Waals surface area (Å²) in [5.41, 5.74) is -0.187. The summed E-state index contributed by atoms with van der Waals surface area (Å²) in [4.78, 5) is 13.9. The summed E-state index contributed by atoms with van der Waals surface area (Å²) in [6, 6.07) is 7.59. The first-order chi connectivity index (χ1) is 14.1. The highest BCUT2D eigenvalue weighted by Gasteiger charge is 2.31. The van der Waals surface area contributed by atoms with Gasteiger partial charge in [0.15, 0.2) is 11.6 Å². The molecular formula is C21H25F2N3O3S. The summed E-state index contributed by atoms with van der Waals surface area (Å²) < 4.78 is 55.8. The molecule has 1 amide bonds. The van der Waals surface area contributed by atoms with Gasteiger partial charge in [-0.05, 0) is 50.1 Å². The minimum atomic E-state index is -3.74. The molecule has 1 N–H and O–H groups in total. The number of anilines is 2. The monoisotopic (exact) mass is 437 g/mol. The highest BCUT2D eigenvalue weighted by atomic mass is 32.2. The van der Waals surface area contributed by atoms with Gasteiger partial charge in [0.25, 0.3) is 5.91 Å². The van der Waals surface area contributed by atoms with Gasteiger partial charge in [-0.2, -0.15) is 4.31 Å². The third-order valence-electron chi connectivity index (χ3n) is 5.17. The van der Waals surface area contributed by atoms with Crippen LogP contribution >= 0.6 is 0 Å². The number of hydrogen-bond donors (Lipinski definition) is 1. The molecule has 1 saturated heterocycles. The molecule has 1 fully saturated rings. The molecule has 0 bridgehead atoms. The van der Waals surface area contributed by atoms with Gasteiger partial charge in [-0.3, -0.25) is 4.79 Å². The van der Waals surface area contributed by atoms with E-state index < -0.39 is 27.6 Å². The molecule has 6 nitrogen and oxygen atoms in total. The number of rotatable bonds is 5. The van der Waals surface area contributed by atoms with E-state index in [1.165, 1.54) is 47.6 Å². The molecule has 0 saturated carbocycles. The number of nitrogens with zero attached hydrogens (tertiary/aromatic N) is 2. The summed E-state index contributed by atoms with van der Waals surface area (Å²) in [5.74, 6) is -2.29. The first kappa shape index (κ1) is 22.2. The molecule has 0 radical (unpaired) electrons. The largest absolute Gasteiger partial charge is 0.373 e. The Morgan fingerprint density at radius 1 is 1.13 bits per heavy atom. The van der Waals surface area contributed by atoms with Gasteiger partial charge in [-0.25, -0.2) is 17.2 Å². The van der Waals surface area contributed by atoms with Crippen molar-refractivity contribution in [3.63, 3.8) is 0 Å². The van der Waals surface area contributed by atoms with Crippen molar-refractivity contribution in [2.45, 2.75) is 37.1 Å². The van der Waals surface area contributed by atoms with E-state index in [0.717, 1.165) is 31.4 Å². The molecule has 30 heavy (non-hydrogen) atoms. The van der Waals surface area contributed by atoms with E-state index in [0.29, 0.717) is 6.54 Å². The Labute approximate surface area is 175 Å². The normalized spacial score (nSPS) is 17.6. The fourth-order valence-electron chi connectivity index (χ4n) is 3.63. The first-order valence-corrected chi connectivity index (χ1v) is 11.1.